The Labute approximate surface area is 755 Å². The third-order valence-electron chi connectivity index (χ3n) is 11.9. The fourth-order valence-electron chi connectivity index (χ4n) is 8.64. The summed E-state index contributed by atoms with van der Waals surface area (Å²) in [6.07, 6.45) is 14.5. The van der Waals surface area contributed by atoms with Crippen LogP contribution in [0.15, 0.2) is 36.7 Å². The number of aromatic nitrogens is 2. The number of fused-ring (bicyclic) bond motifs is 4. The van der Waals surface area contributed by atoms with Crippen molar-refractivity contribution in [3.05, 3.63) is 45.8 Å². The molecule has 6 aliphatic rings. The van der Waals surface area contributed by atoms with E-state index in [9.17, 15) is 0 Å². The largest absolute Gasteiger partial charge is 0.380 e. The van der Waals surface area contributed by atoms with E-state index in [1.165, 1.54) is 60.1 Å². The number of ether oxygens (including phenoxy) is 2. The Kier molecular flexibility index (Phi) is 65.6. The van der Waals surface area contributed by atoms with E-state index < -0.39 is 0 Å². The molecule has 2 aromatic heterocycles. The van der Waals surface area contributed by atoms with Gasteiger partial charge in [0.2, 0.25) is 0 Å². The normalized spacial score (nSPS) is 17.7. The van der Waals surface area contributed by atoms with E-state index in [1.807, 2.05) is 367 Å². The highest BCUT2D eigenvalue weighted by atomic mass is 127. The number of nitrogens with zero attached hydrogens (tertiary/aromatic N) is 6. The van der Waals surface area contributed by atoms with E-state index in [4.69, 9.17) is 38.3 Å². The van der Waals surface area contributed by atoms with Gasteiger partial charge in [-0.25, -0.2) is 9.97 Å². The molecule has 8 heterocycles. The lowest BCUT2D eigenvalue weighted by Gasteiger charge is -2.48. The molecular weight excluding hydrogens is 2450 g/mol. The van der Waals surface area contributed by atoms with Crippen molar-refractivity contribution in [2.45, 2.75) is 63.7 Å². The molecule has 4 unspecified atom stereocenters. The molecule has 566 valence electrons. The molecule has 0 spiro atoms. The predicted molar refractivity (Wildman–Crippen MR) is 591 cm³/mol. The topological polar surface area (TPSA) is 57.2 Å². The zero-order valence-electron chi connectivity index (χ0n) is 48.5. The molecule has 0 saturated carbocycles. The zero-order valence-corrected chi connectivity index (χ0v) is 96.4. The summed E-state index contributed by atoms with van der Waals surface area (Å²) in [6, 6.07) is 11.1. The van der Waals surface area contributed by atoms with Gasteiger partial charge in [0.05, 0.1) is 26.4 Å². The van der Waals surface area contributed by atoms with Crippen LogP contribution < -0.4 is 9.80 Å². The molecule has 4 bridgehead atoms. The van der Waals surface area contributed by atoms with E-state index in [-0.39, 0.29) is 0 Å². The average molecular weight is 2490 g/mol. The van der Waals surface area contributed by atoms with Gasteiger partial charge in [0.1, 0.15) is 11.6 Å². The first-order valence-electron chi connectivity index (χ1n) is 25.2. The first kappa shape index (κ1) is 98.2. The molecule has 2 aromatic rings. The third kappa shape index (κ3) is 47.1. The molecule has 0 N–H and O–H groups in total. The van der Waals surface area contributed by atoms with Crippen LogP contribution in [-0.2, 0) is 511 Å². The van der Waals surface area contributed by atoms with Crippen molar-refractivity contribution in [1.82, 2.24) is 19.8 Å². The van der Waals surface area contributed by atoms with Crippen molar-refractivity contribution in [3.63, 3.8) is 0 Å². The standard InChI is InChI=1S/C18H23N3O.C16H22IN3O.S56/c1-3-14-4-7-17(19-8-14)20-9-15-5-6-16(10-20)21(15)11-18(2)12-22-13-18;1-16(10-21-11-16)9-20-13-3-4-14(20)8-19(7-13)15-5-2-12(17)6-18-15;1-3-5-7-9-11-13-15-17-19-21-23-25-27-29-31-33-35-37-39-41-43-45-47-49-51-53-55-56-54-52-50-48-46-44-42-40-38-36-34-32-30-28-26-24-22-20-18-16-14-12-10-8-6-4-2/h1,4,7-8,15-16H,5-6,9-13H2,2H3;2,5-6,13-14H,3-4,7-11H2,1H3;. The van der Waals surface area contributed by atoms with E-state index >= 15 is 0 Å². The molecule has 65 heteroatoms. The van der Waals surface area contributed by atoms with Crippen molar-refractivity contribution in [2.24, 2.45) is 10.8 Å². The van der Waals surface area contributed by atoms with Crippen LogP contribution >= 0.6 is 22.6 Å². The van der Waals surface area contributed by atoms with Gasteiger partial charge < -0.3 is 19.3 Å². The summed E-state index contributed by atoms with van der Waals surface area (Å²) in [7, 11) is 96.7. The van der Waals surface area contributed by atoms with Crippen LogP contribution in [0.1, 0.15) is 45.1 Å². The van der Waals surface area contributed by atoms with Crippen LogP contribution in [0.4, 0.5) is 11.6 Å². The lowest BCUT2D eigenvalue weighted by molar-refractivity contribution is -0.120. The maximum absolute atomic E-state index is 5.42. The van der Waals surface area contributed by atoms with Crippen LogP contribution in [0.25, 0.3) is 0 Å². The number of hydrogen-bond acceptors (Lipinski definition) is 10. The van der Waals surface area contributed by atoms with Gasteiger partial charge in [0, 0.05) is 598 Å². The number of rotatable bonds is 6. The van der Waals surface area contributed by atoms with E-state index in [0.717, 1.165) is 69.8 Å². The van der Waals surface area contributed by atoms with Gasteiger partial charge in [0.15, 0.2) is 0 Å². The fourth-order valence-corrected chi connectivity index (χ4v) is 152. The quantitative estimate of drug-likeness (QED) is 0.314. The second kappa shape index (κ2) is 66.2. The molecule has 6 saturated heterocycles. The highest BCUT2D eigenvalue weighted by Gasteiger charge is 2.46. The van der Waals surface area contributed by atoms with Crippen molar-refractivity contribution < 1.29 is 9.47 Å². The summed E-state index contributed by atoms with van der Waals surface area (Å²) in [5, 5.41) is 0. The molecule has 99 heavy (non-hydrogen) atoms. The van der Waals surface area contributed by atoms with Gasteiger partial charge in [-0.2, -0.15) is 0 Å². The number of terminal acetylenes is 1. The van der Waals surface area contributed by atoms with Gasteiger partial charge >= 0.3 is 0 Å². The minimum atomic E-state index is 0.371. The minimum Gasteiger partial charge on any atom is -0.380 e. The van der Waals surface area contributed by atoms with Gasteiger partial charge in [-0.3, -0.25) is 9.80 Å². The Bertz CT molecular complexity index is 5690. The van der Waals surface area contributed by atoms with Crippen molar-refractivity contribution in [2.75, 3.05) is 75.5 Å². The summed E-state index contributed by atoms with van der Waals surface area (Å²) >= 11 is 11.9. The van der Waals surface area contributed by atoms with E-state index in [2.05, 4.69) is 90.1 Å². The third-order valence-corrected chi connectivity index (χ3v) is 130. The smallest absolute Gasteiger partial charge is 0.128 e. The molecule has 4 atom stereocenters. The predicted octanol–water partition coefficient (Wildman–Crippen LogP) is 3.99. The number of pyridine rings is 2. The van der Waals surface area contributed by atoms with Crippen LogP contribution in [0, 0.1) is 26.7 Å². The van der Waals surface area contributed by atoms with Crippen LogP contribution in [0.3, 0.4) is 0 Å². The first-order valence-corrected chi connectivity index (χ1v) is 99.6. The fraction of sp³-hybridized carbons (Fsp3) is 0.647. The molecule has 0 aliphatic carbocycles. The van der Waals surface area contributed by atoms with Crippen LogP contribution in [-0.4, -0.2) is 110 Å². The molecule has 0 radical (unpaired) electrons. The molecule has 6 aliphatic heterocycles. The van der Waals surface area contributed by atoms with Gasteiger partial charge in [0.25, 0.3) is 0 Å². The summed E-state index contributed by atoms with van der Waals surface area (Å²) in [6.45, 7) is 15.2. The monoisotopic (exact) mass is 2490 g/mol. The molecule has 8 rings (SSSR count). The molecule has 0 aromatic carbocycles. The van der Waals surface area contributed by atoms with Crippen LogP contribution in [0.2, 0.25) is 0 Å². The lowest BCUT2D eigenvalue weighted by Crippen LogP contribution is -2.59. The summed E-state index contributed by atoms with van der Waals surface area (Å²) in [5.41, 5.74) is 1.61. The SMILES string of the molecule is C#Cc1ccc(N2CC3CCC(C2)N3CC2(C)COC2)nc1.CC1(CN2C3CCC2CN(c2ccc(I)cn2)C3)COC1.S=S=S=S=S=S=S=S=S=S=S=S=S=S=S=S=S=S=S=S=S=S=S=S=S=S=S=S=S=S=S=S=S=S=S=S=S=S=S=S=S=S=S=S=S=S=S=S=S=S=S=S=S=S=S=S. The summed E-state index contributed by atoms with van der Waals surface area (Å²) in [4.78, 5) is 19.5. The van der Waals surface area contributed by atoms with Crippen molar-refractivity contribution in [3.8, 4) is 12.3 Å². The number of halogens is 1. The second-order valence-electron chi connectivity index (χ2n) is 18.1. The summed E-state index contributed by atoms with van der Waals surface area (Å²) < 4.78 is 12.0. The van der Waals surface area contributed by atoms with Gasteiger partial charge in [-0.1, -0.05) is 19.8 Å². The maximum atomic E-state index is 5.42. The zero-order chi connectivity index (χ0) is 69.8. The Morgan fingerprint density at radius 3 is 0.768 bits per heavy atom. The average Bonchev–Trinajstić information content (AvgIpc) is 1.82. The van der Waals surface area contributed by atoms with Crippen LogP contribution in [0.5, 0.6) is 0 Å². The Hall–Kier alpha value is 10.4. The maximum Gasteiger partial charge on any atom is 0.128 e. The van der Waals surface area contributed by atoms with Gasteiger partial charge in [-0.05, 0) is 72.5 Å². The number of piperazine rings is 2. The van der Waals surface area contributed by atoms with Gasteiger partial charge in [-0.15, -0.1) is 6.42 Å². The minimum absolute atomic E-state index is 0.371. The van der Waals surface area contributed by atoms with E-state index in [1.54, 1.807) is 113 Å². The first-order chi connectivity index (χ1) is 48.7. The van der Waals surface area contributed by atoms with Crippen molar-refractivity contribution >= 4 is 536 Å². The van der Waals surface area contributed by atoms with Crippen molar-refractivity contribution in [1.29, 1.82) is 0 Å². The highest BCUT2D eigenvalue weighted by Crippen LogP contribution is 2.38. The Morgan fingerprint density at radius 1 is 0.374 bits per heavy atom. The molecule has 0 amide bonds. The Morgan fingerprint density at radius 2 is 0.596 bits per heavy atom. The molecule has 8 nitrogen and oxygen atoms in total. The molecule has 6 fully saturated rings. The summed E-state index contributed by atoms with van der Waals surface area (Å²) in [5.74, 6) is 4.84. The lowest BCUT2D eigenvalue weighted by atomic mass is 9.87. The molecular formula is C34H45IN6O2S56. The number of anilines is 2. The second-order valence-corrected chi connectivity index (χ2v) is 115. The Balaban J connectivity index is 0.000000284. The van der Waals surface area contributed by atoms with E-state index in [0.29, 0.717) is 35.0 Å². The highest BCUT2D eigenvalue weighted by molar-refractivity contribution is 14.1. The number of hydrogen-bond donors (Lipinski definition) is 0.